The Labute approximate surface area is 86.5 Å². The molecule has 1 atom stereocenters. The maximum Gasteiger partial charge on any atom is 0.273 e. The summed E-state index contributed by atoms with van der Waals surface area (Å²) >= 11 is 0. The van der Waals surface area contributed by atoms with Crippen molar-refractivity contribution in [2.24, 2.45) is 5.92 Å². The lowest BCUT2D eigenvalue weighted by Gasteiger charge is -2.12. The van der Waals surface area contributed by atoms with Crippen molar-refractivity contribution >= 4 is 5.69 Å². The van der Waals surface area contributed by atoms with E-state index < -0.39 is 6.43 Å². The monoisotopic (exact) mass is 216 g/mol. The summed E-state index contributed by atoms with van der Waals surface area (Å²) in [6.45, 7) is 1.95. The highest BCUT2D eigenvalue weighted by Gasteiger charge is 2.11. The molecule has 84 valence electrons. The third-order valence-electron chi connectivity index (χ3n) is 2.14. The van der Waals surface area contributed by atoms with Crippen molar-refractivity contribution in [1.29, 1.82) is 0 Å². The van der Waals surface area contributed by atoms with Crippen molar-refractivity contribution in [3.63, 3.8) is 0 Å². The topological polar surface area (TPSA) is 48.0 Å². The Morgan fingerprint density at radius 2 is 2.20 bits per heavy atom. The van der Waals surface area contributed by atoms with Crippen molar-refractivity contribution in [1.82, 2.24) is 4.57 Å². The molecular formula is C10H14F2N2O. The van der Waals surface area contributed by atoms with Gasteiger partial charge in [0.25, 0.3) is 5.56 Å². The Kier molecular flexibility index (Phi) is 3.82. The third kappa shape index (κ3) is 3.34. The van der Waals surface area contributed by atoms with Crippen molar-refractivity contribution in [3.05, 3.63) is 28.7 Å². The van der Waals surface area contributed by atoms with E-state index in [9.17, 15) is 13.6 Å². The first-order chi connectivity index (χ1) is 7.00. The molecule has 1 aromatic rings. The first kappa shape index (κ1) is 11.7. The van der Waals surface area contributed by atoms with Gasteiger partial charge in [0, 0.05) is 19.2 Å². The number of nitrogens with two attached hydrogens (primary N) is 1. The molecule has 0 aliphatic heterocycles. The molecule has 1 unspecified atom stereocenters. The van der Waals surface area contributed by atoms with Crippen LogP contribution in [-0.2, 0) is 6.54 Å². The molecule has 5 heteroatoms. The summed E-state index contributed by atoms with van der Waals surface area (Å²) < 4.78 is 25.5. The van der Waals surface area contributed by atoms with Gasteiger partial charge in [-0.15, -0.1) is 0 Å². The average Bonchev–Trinajstić information content (AvgIpc) is 2.11. The van der Waals surface area contributed by atoms with Crippen LogP contribution in [-0.4, -0.2) is 11.0 Å². The lowest BCUT2D eigenvalue weighted by molar-refractivity contribution is 0.114. The number of pyridine rings is 1. The fraction of sp³-hybridized carbons (Fsp3) is 0.500. The zero-order valence-corrected chi connectivity index (χ0v) is 8.49. The van der Waals surface area contributed by atoms with E-state index in [0.29, 0.717) is 0 Å². The van der Waals surface area contributed by atoms with Gasteiger partial charge in [-0.3, -0.25) is 4.79 Å². The van der Waals surface area contributed by atoms with Gasteiger partial charge in [-0.25, -0.2) is 8.78 Å². The molecule has 15 heavy (non-hydrogen) atoms. The minimum atomic E-state index is -2.34. The van der Waals surface area contributed by atoms with Crippen LogP contribution in [0.4, 0.5) is 14.5 Å². The van der Waals surface area contributed by atoms with Gasteiger partial charge < -0.3 is 10.3 Å². The highest BCUT2D eigenvalue weighted by Crippen LogP contribution is 2.11. The molecule has 0 spiro atoms. The van der Waals surface area contributed by atoms with Gasteiger partial charge in [-0.05, 0) is 18.1 Å². The van der Waals surface area contributed by atoms with Crippen molar-refractivity contribution in [3.8, 4) is 0 Å². The van der Waals surface area contributed by atoms with Crippen LogP contribution in [0, 0.1) is 5.92 Å². The summed E-state index contributed by atoms with van der Waals surface area (Å²) in [6.07, 6.45) is -0.987. The number of rotatable bonds is 4. The molecule has 0 amide bonds. The molecule has 0 aromatic carbocycles. The molecular weight excluding hydrogens is 202 g/mol. The van der Waals surface area contributed by atoms with Crippen LogP contribution in [0.1, 0.15) is 13.3 Å². The van der Waals surface area contributed by atoms with E-state index in [-0.39, 0.29) is 30.1 Å². The summed E-state index contributed by atoms with van der Waals surface area (Å²) in [6, 6.07) is 3.13. The van der Waals surface area contributed by atoms with E-state index >= 15 is 0 Å². The highest BCUT2D eigenvalue weighted by molar-refractivity contribution is 5.33. The van der Waals surface area contributed by atoms with E-state index in [1.165, 1.54) is 10.6 Å². The summed E-state index contributed by atoms with van der Waals surface area (Å²) in [5.41, 5.74) is 5.24. The minimum Gasteiger partial charge on any atom is -0.394 e. The van der Waals surface area contributed by atoms with Gasteiger partial charge in [-0.1, -0.05) is 6.92 Å². The van der Waals surface area contributed by atoms with Crippen LogP contribution in [0.3, 0.4) is 0 Å². The molecule has 0 aliphatic rings. The standard InChI is InChI=1S/C10H14F2N2O/c1-7(5-9(11)12)6-14-4-2-3-8(13)10(14)15/h2-4,7,9H,5-6,13H2,1H3. The van der Waals surface area contributed by atoms with Crippen LogP contribution < -0.4 is 11.3 Å². The SMILES string of the molecule is CC(CC(F)F)Cn1cccc(N)c1=O. The molecule has 1 aromatic heterocycles. The lowest BCUT2D eigenvalue weighted by atomic mass is 10.1. The molecule has 0 saturated carbocycles. The highest BCUT2D eigenvalue weighted by atomic mass is 19.3. The number of aromatic nitrogens is 1. The maximum absolute atomic E-state index is 12.1. The van der Waals surface area contributed by atoms with E-state index in [2.05, 4.69) is 0 Å². The quantitative estimate of drug-likeness (QED) is 0.833. The van der Waals surface area contributed by atoms with Crippen LogP contribution in [0.25, 0.3) is 0 Å². The zero-order chi connectivity index (χ0) is 11.4. The molecule has 1 heterocycles. The molecule has 0 aliphatic carbocycles. The first-order valence-corrected chi connectivity index (χ1v) is 4.73. The van der Waals surface area contributed by atoms with Crippen molar-refractivity contribution < 1.29 is 8.78 Å². The Bertz CT molecular complexity index is 376. The fourth-order valence-corrected chi connectivity index (χ4v) is 1.41. The second-order valence-electron chi connectivity index (χ2n) is 3.65. The Morgan fingerprint density at radius 3 is 2.80 bits per heavy atom. The average molecular weight is 216 g/mol. The molecule has 0 saturated heterocycles. The first-order valence-electron chi connectivity index (χ1n) is 4.73. The van der Waals surface area contributed by atoms with Gasteiger partial charge in [0.1, 0.15) is 0 Å². The number of alkyl halides is 2. The summed E-state index contributed by atoms with van der Waals surface area (Å²) in [5.74, 6) is -0.246. The Balaban J connectivity index is 2.73. The number of anilines is 1. The van der Waals surface area contributed by atoms with E-state index in [1.54, 1.807) is 19.2 Å². The number of nitrogen functional groups attached to an aromatic ring is 1. The molecule has 2 N–H and O–H groups in total. The van der Waals surface area contributed by atoms with Gasteiger partial charge in [-0.2, -0.15) is 0 Å². The smallest absolute Gasteiger partial charge is 0.273 e. The lowest BCUT2D eigenvalue weighted by Crippen LogP contribution is -2.25. The number of hydrogen-bond acceptors (Lipinski definition) is 2. The van der Waals surface area contributed by atoms with E-state index in [1.807, 2.05) is 0 Å². The fourth-order valence-electron chi connectivity index (χ4n) is 1.41. The molecule has 0 fully saturated rings. The largest absolute Gasteiger partial charge is 0.394 e. The van der Waals surface area contributed by atoms with Crippen LogP contribution in [0.5, 0.6) is 0 Å². The van der Waals surface area contributed by atoms with Crippen LogP contribution in [0.15, 0.2) is 23.1 Å². The van der Waals surface area contributed by atoms with E-state index in [4.69, 9.17) is 5.73 Å². The van der Waals surface area contributed by atoms with Crippen LogP contribution >= 0.6 is 0 Å². The molecule has 0 bridgehead atoms. The van der Waals surface area contributed by atoms with Gasteiger partial charge in [0.2, 0.25) is 6.43 Å². The van der Waals surface area contributed by atoms with Gasteiger partial charge in [0.05, 0.1) is 5.69 Å². The normalized spacial score (nSPS) is 13.1. The predicted octanol–water partition coefficient (Wildman–Crippen LogP) is 1.72. The summed E-state index contributed by atoms with van der Waals surface area (Å²) in [4.78, 5) is 11.4. The Hall–Kier alpha value is -1.39. The van der Waals surface area contributed by atoms with Gasteiger partial charge in [0.15, 0.2) is 0 Å². The molecule has 3 nitrogen and oxygen atoms in total. The number of nitrogens with zero attached hydrogens (tertiary/aromatic N) is 1. The Morgan fingerprint density at radius 1 is 1.53 bits per heavy atom. The van der Waals surface area contributed by atoms with Crippen molar-refractivity contribution in [2.75, 3.05) is 5.73 Å². The number of hydrogen-bond donors (Lipinski definition) is 1. The van der Waals surface area contributed by atoms with Gasteiger partial charge >= 0.3 is 0 Å². The molecule has 0 radical (unpaired) electrons. The second kappa shape index (κ2) is 4.91. The predicted molar refractivity (Wildman–Crippen MR) is 54.9 cm³/mol. The van der Waals surface area contributed by atoms with Crippen molar-refractivity contribution in [2.45, 2.75) is 26.3 Å². The summed E-state index contributed by atoms with van der Waals surface area (Å²) in [7, 11) is 0. The number of halogens is 2. The summed E-state index contributed by atoms with van der Waals surface area (Å²) in [5, 5.41) is 0. The third-order valence-corrected chi connectivity index (χ3v) is 2.14. The van der Waals surface area contributed by atoms with Crippen LogP contribution in [0.2, 0.25) is 0 Å². The second-order valence-corrected chi connectivity index (χ2v) is 3.65. The zero-order valence-electron chi connectivity index (χ0n) is 8.49. The molecule has 1 rings (SSSR count). The minimum absolute atomic E-state index is 0.141. The van der Waals surface area contributed by atoms with E-state index in [0.717, 1.165) is 0 Å². The maximum atomic E-state index is 12.1.